The van der Waals surface area contributed by atoms with Gasteiger partial charge in [0.1, 0.15) is 0 Å². The molecule has 0 N–H and O–H groups in total. The molecule has 0 aromatic heterocycles. The summed E-state index contributed by atoms with van der Waals surface area (Å²) in [5, 5.41) is 0. The first-order chi connectivity index (χ1) is 3.10. The van der Waals surface area contributed by atoms with E-state index in [1.807, 2.05) is 0 Å². The summed E-state index contributed by atoms with van der Waals surface area (Å²) in [7, 11) is -3.38. The van der Waals surface area contributed by atoms with Crippen LogP contribution in [0.4, 0.5) is 0 Å². The maximum atomic E-state index is 9.85. The number of rotatable bonds is 0. The Hall–Kier alpha value is -0.580. The van der Waals surface area contributed by atoms with Crippen molar-refractivity contribution in [2.24, 2.45) is 0 Å². The maximum Gasteiger partial charge on any atom is 0.340 e. The van der Waals surface area contributed by atoms with E-state index in [-0.39, 0.29) is 0 Å². The number of carbonyl (C=O) groups excluding carboxylic acids is 1. The van der Waals surface area contributed by atoms with Crippen LogP contribution in [0.1, 0.15) is 0 Å². The van der Waals surface area contributed by atoms with Gasteiger partial charge in [0.05, 0.1) is 0 Å². The van der Waals surface area contributed by atoms with Crippen LogP contribution in [0.5, 0.6) is 0 Å². The van der Waals surface area contributed by atoms with Gasteiger partial charge in [-0.15, -0.1) is 0 Å². The van der Waals surface area contributed by atoms with Crippen LogP contribution in [0, 0.1) is 0 Å². The molecule has 4 nitrogen and oxygen atoms in total. The van der Waals surface area contributed by atoms with E-state index in [9.17, 15) is 13.2 Å². The van der Waals surface area contributed by atoms with Gasteiger partial charge >= 0.3 is 16.1 Å². The van der Waals surface area contributed by atoms with Crippen molar-refractivity contribution < 1.29 is 17.4 Å². The van der Waals surface area contributed by atoms with E-state index in [0.29, 0.717) is 0 Å². The van der Waals surface area contributed by atoms with Crippen LogP contribution < -0.4 is 0 Å². The first kappa shape index (κ1) is 4.58. The van der Waals surface area contributed by atoms with Crippen molar-refractivity contribution in [1.82, 2.24) is 0 Å². The molecule has 0 atom stereocenters. The van der Waals surface area contributed by atoms with Crippen molar-refractivity contribution >= 4 is 16.1 Å². The molecular weight excluding hydrogens is 120 g/mol. The van der Waals surface area contributed by atoms with Crippen LogP contribution in [0.3, 0.4) is 0 Å². The molecule has 40 valence electrons. The van der Waals surface area contributed by atoms with E-state index < -0.39 is 21.8 Å². The lowest BCUT2D eigenvalue weighted by molar-refractivity contribution is -0.134. The molecule has 0 spiro atoms. The van der Waals surface area contributed by atoms with Gasteiger partial charge in [-0.3, -0.25) is 0 Å². The average Bonchev–Trinajstić information content (AvgIpc) is 1.27. The second-order valence-corrected chi connectivity index (χ2v) is 2.73. The molecule has 7 heavy (non-hydrogen) atoms. The zero-order valence-corrected chi connectivity index (χ0v) is 4.06. The van der Waals surface area contributed by atoms with Crippen molar-refractivity contribution in [1.29, 1.82) is 0 Å². The summed E-state index contributed by atoms with van der Waals surface area (Å²) in [5.74, 6) is -1.12. The molecule has 0 unspecified atom stereocenters. The van der Waals surface area contributed by atoms with Crippen molar-refractivity contribution in [3.63, 3.8) is 0 Å². The highest BCUT2D eigenvalue weighted by atomic mass is 32.2. The summed E-state index contributed by atoms with van der Waals surface area (Å²) < 4.78 is 23.4. The van der Waals surface area contributed by atoms with Gasteiger partial charge in [0.2, 0.25) is 0 Å². The quantitative estimate of drug-likeness (QED) is 0.381. The fourth-order valence-electron chi connectivity index (χ4n) is 0.279. The Morgan fingerprint density at radius 1 is 1.57 bits per heavy atom. The van der Waals surface area contributed by atoms with E-state index in [1.165, 1.54) is 0 Å². The first-order valence-corrected chi connectivity index (χ1v) is 3.13. The number of carbonyl (C=O) groups is 1. The monoisotopic (exact) mass is 122 g/mol. The molecule has 0 aromatic rings. The van der Waals surface area contributed by atoms with E-state index in [0.717, 1.165) is 0 Å². The molecule has 0 bridgehead atoms. The minimum absolute atomic E-state index is 0.451. The normalized spacial score (nSPS) is 25.4. The molecule has 1 aliphatic heterocycles. The summed E-state index contributed by atoms with van der Waals surface area (Å²) in [6.07, 6.45) is 0. The predicted octanol–water partition coefficient (Wildman–Crippen LogP) is -1.13. The zero-order chi connectivity index (χ0) is 5.49. The molecule has 1 heterocycles. The Morgan fingerprint density at radius 3 is 2.00 bits per heavy atom. The fraction of sp³-hybridized carbons (Fsp3) is 0.500. The van der Waals surface area contributed by atoms with Crippen LogP contribution in [-0.2, 0) is 19.1 Å². The second kappa shape index (κ2) is 0.975. The Morgan fingerprint density at radius 2 is 2.00 bits per heavy atom. The third-order valence-corrected chi connectivity index (χ3v) is 1.54. The Kier molecular flexibility index (Phi) is 0.637. The van der Waals surface area contributed by atoms with Gasteiger partial charge < -0.3 is 4.18 Å². The topological polar surface area (TPSA) is 60.4 Å². The molecule has 5 heteroatoms. The molecular formula is C2H2O4S. The maximum absolute atomic E-state index is 9.85. The highest BCUT2D eigenvalue weighted by molar-refractivity contribution is 7.89. The highest BCUT2D eigenvalue weighted by Gasteiger charge is 2.32. The predicted molar refractivity (Wildman–Crippen MR) is 19.9 cm³/mol. The highest BCUT2D eigenvalue weighted by Crippen LogP contribution is 2.05. The molecule has 1 saturated heterocycles. The molecule has 1 rings (SSSR count). The fourth-order valence-corrected chi connectivity index (χ4v) is 0.837. The molecule has 0 aromatic carbocycles. The average molecular weight is 122 g/mol. The standard InChI is InChI=1S/C2H2O4S/c3-2-1-7(4,5)6-2/h1H2. The minimum atomic E-state index is -3.38. The van der Waals surface area contributed by atoms with Crippen LogP contribution in [0.2, 0.25) is 0 Å². The first-order valence-electron chi connectivity index (χ1n) is 1.55. The minimum Gasteiger partial charge on any atom is -0.344 e. The van der Waals surface area contributed by atoms with Crippen molar-refractivity contribution in [2.45, 2.75) is 0 Å². The molecule has 0 aliphatic carbocycles. The van der Waals surface area contributed by atoms with Gasteiger partial charge in [0.25, 0.3) is 0 Å². The molecule has 0 radical (unpaired) electrons. The Balaban J connectivity index is 2.79. The Bertz CT molecular complexity index is 174. The lowest BCUT2D eigenvalue weighted by atomic mass is 10.8. The van der Waals surface area contributed by atoms with Gasteiger partial charge in [0, 0.05) is 0 Å². The van der Waals surface area contributed by atoms with Crippen molar-refractivity contribution in [3.05, 3.63) is 0 Å². The van der Waals surface area contributed by atoms with Gasteiger partial charge in [-0.05, 0) is 0 Å². The van der Waals surface area contributed by atoms with Crippen LogP contribution >= 0.6 is 0 Å². The summed E-state index contributed by atoms with van der Waals surface area (Å²) in [6, 6.07) is 0. The zero-order valence-electron chi connectivity index (χ0n) is 3.25. The lowest BCUT2D eigenvalue weighted by Gasteiger charge is -2.09. The second-order valence-electron chi connectivity index (χ2n) is 1.16. The van der Waals surface area contributed by atoms with Crippen molar-refractivity contribution in [2.75, 3.05) is 5.75 Å². The molecule has 0 amide bonds. The largest absolute Gasteiger partial charge is 0.344 e. The summed E-state index contributed by atoms with van der Waals surface area (Å²) in [6.45, 7) is 0. The number of hydrogen-bond acceptors (Lipinski definition) is 4. The molecule has 0 saturated carbocycles. The third kappa shape index (κ3) is 0.714. The number of hydrogen-bond donors (Lipinski definition) is 0. The van der Waals surface area contributed by atoms with Crippen LogP contribution in [-0.4, -0.2) is 20.1 Å². The summed E-state index contributed by atoms with van der Waals surface area (Å²) >= 11 is 0. The van der Waals surface area contributed by atoms with Gasteiger partial charge in [0.15, 0.2) is 5.75 Å². The molecule has 1 fully saturated rings. The van der Waals surface area contributed by atoms with Crippen LogP contribution in [0.25, 0.3) is 0 Å². The van der Waals surface area contributed by atoms with Crippen LogP contribution in [0.15, 0.2) is 0 Å². The summed E-state index contributed by atoms with van der Waals surface area (Å²) in [4.78, 5) is 9.71. The van der Waals surface area contributed by atoms with Gasteiger partial charge in [-0.25, -0.2) is 4.79 Å². The Labute approximate surface area is 40.2 Å². The third-order valence-electron chi connectivity index (χ3n) is 0.515. The SMILES string of the molecule is O=C1CS(=O)(=O)O1. The van der Waals surface area contributed by atoms with E-state index in [2.05, 4.69) is 4.18 Å². The summed E-state index contributed by atoms with van der Waals surface area (Å²) in [5.41, 5.74) is 0. The van der Waals surface area contributed by atoms with E-state index in [4.69, 9.17) is 0 Å². The molecule has 1 aliphatic rings. The lowest BCUT2D eigenvalue weighted by Crippen LogP contribution is -2.33. The van der Waals surface area contributed by atoms with Gasteiger partial charge in [-0.2, -0.15) is 8.42 Å². The smallest absolute Gasteiger partial charge is 0.340 e. The van der Waals surface area contributed by atoms with Gasteiger partial charge in [-0.1, -0.05) is 0 Å². The van der Waals surface area contributed by atoms with Crippen molar-refractivity contribution in [3.8, 4) is 0 Å². The van der Waals surface area contributed by atoms with E-state index >= 15 is 0 Å². The van der Waals surface area contributed by atoms with E-state index in [1.54, 1.807) is 0 Å².